The van der Waals surface area contributed by atoms with Gasteiger partial charge in [-0.1, -0.05) is 48.5 Å². The van der Waals surface area contributed by atoms with Gasteiger partial charge in [0.05, 0.1) is 34.1 Å². The normalized spacial score (nSPS) is 12.3. The number of rotatable bonds is 9. The average molecular weight is 715 g/mol. The molecule has 0 bridgehead atoms. The summed E-state index contributed by atoms with van der Waals surface area (Å²) < 4.78 is 72.9. The van der Waals surface area contributed by atoms with Crippen LogP contribution in [0, 0.1) is 13.8 Å². The van der Waals surface area contributed by atoms with Crippen molar-refractivity contribution < 1.29 is 36.2 Å². The molecule has 0 atom stereocenters. The van der Waals surface area contributed by atoms with E-state index < -0.39 is 30.0 Å². The van der Waals surface area contributed by atoms with Crippen LogP contribution in [0.1, 0.15) is 11.4 Å². The lowest BCUT2D eigenvalue weighted by Gasteiger charge is -2.12. The minimum Gasteiger partial charge on any atom is -0.492 e. The second-order valence-corrected chi connectivity index (χ2v) is 13.5. The zero-order valence-electron chi connectivity index (χ0n) is 26.1. The maximum absolute atomic E-state index is 12.5. The van der Waals surface area contributed by atoms with Crippen molar-refractivity contribution in [1.82, 2.24) is 19.6 Å². The van der Waals surface area contributed by atoms with Gasteiger partial charge in [0, 0.05) is 11.1 Å². The molecule has 0 radical (unpaired) electrons. The molecule has 16 nitrogen and oxygen atoms in total. The summed E-state index contributed by atoms with van der Waals surface area (Å²) in [7, 11) is -10.0. The Morgan fingerprint density at radius 1 is 0.540 bits per heavy atom. The molecule has 0 fully saturated rings. The highest BCUT2D eigenvalue weighted by atomic mass is 32.2. The quantitative estimate of drug-likeness (QED) is 0.0877. The molecular formula is C32H26N8O8S2. The van der Waals surface area contributed by atoms with Crippen LogP contribution in [0.4, 0.5) is 22.7 Å². The van der Waals surface area contributed by atoms with Crippen molar-refractivity contribution in [3.63, 3.8) is 0 Å². The molecule has 4 N–H and O–H groups in total. The van der Waals surface area contributed by atoms with Crippen LogP contribution in [0.15, 0.2) is 127 Å². The lowest BCUT2D eigenvalue weighted by Crippen LogP contribution is -2.05. The largest absolute Gasteiger partial charge is 0.492 e. The molecule has 2 heterocycles. The molecule has 0 unspecified atom stereocenters. The molecule has 6 aromatic rings. The first kappa shape index (κ1) is 33.8. The SMILES string of the molecule is Cc1nn(-c2ccccc2)c(O)c1/N=N/c1ccc(-c2ccc(/N=N/c3c(C)nn(-c4ccccc4)c3O)cc2S(=O)(=O)O)c(S(=O)(=O)O)c1. The van der Waals surface area contributed by atoms with Crippen LogP contribution >= 0.6 is 0 Å². The number of para-hydroxylation sites is 2. The van der Waals surface area contributed by atoms with Crippen molar-refractivity contribution in [2.24, 2.45) is 20.5 Å². The minimum absolute atomic E-state index is 0.000624. The Bertz CT molecular complexity index is 2350. The summed E-state index contributed by atoms with van der Waals surface area (Å²) in [6, 6.07) is 24.3. The lowest BCUT2D eigenvalue weighted by atomic mass is 10.0. The molecule has 4 aromatic carbocycles. The third-order valence-electron chi connectivity index (χ3n) is 7.32. The summed E-state index contributed by atoms with van der Waals surface area (Å²) >= 11 is 0. The molecule has 0 amide bonds. The average Bonchev–Trinajstić information content (AvgIpc) is 3.54. The zero-order valence-corrected chi connectivity index (χ0v) is 27.7. The Hall–Kier alpha value is -6.08. The first-order valence-corrected chi connectivity index (χ1v) is 17.4. The Balaban J connectivity index is 1.36. The minimum atomic E-state index is -5.01. The van der Waals surface area contributed by atoms with Crippen molar-refractivity contribution in [2.45, 2.75) is 23.6 Å². The second kappa shape index (κ2) is 13.1. The van der Waals surface area contributed by atoms with E-state index in [-0.39, 0.29) is 45.6 Å². The Morgan fingerprint density at radius 2 is 0.900 bits per heavy atom. The first-order chi connectivity index (χ1) is 23.7. The maximum atomic E-state index is 12.5. The van der Waals surface area contributed by atoms with Gasteiger partial charge >= 0.3 is 0 Å². The second-order valence-electron chi connectivity index (χ2n) is 10.7. The predicted octanol–water partition coefficient (Wildman–Crippen LogP) is 7.08. The summed E-state index contributed by atoms with van der Waals surface area (Å²) in [5.41, 5.74) is 0.979. The van der Waals surface area contributed by atoms with E-state index in [2.05, 4.69) is 30.7 Å². The van der Waals surface area contributed by atoms with E-state index in [0.29, 0.717) is 22.8 Å². The van der Waals surface area contributed by atoms with Crippen LogP contribution in [0.3, 0.4) is 0 Å². The van der Waals surface area contributed by atoms with Crippen molar-refractivity contribution in [3.8, 4) is 34.3 Å². The van der Waals surface area contributed by atoms with Gasteiger partial charge in [-0.3, -0.25) is 9.11 Å². The van der Waals surface area contributed by atoms with E-state index in [9.17, 15) is 36.2 Å². The molecule has 0 saturated carbocycles. The highest BCUT2D eigenvalue weighted by Crippen LogP contribution is 2.39. The molecule has 0 aliphatic rings. The van der Waals surface area contributed by atoms with E-state index in [1.54, 1.807) is 74.5 Å². The molecule has 2 aromatic heterocycles. The maximum Gasteiger partial charge on any atom is 0.295 e. The van der Waals surface area contributed by atoms with Gasteiger partial charge in [-0.25, -0.2) is 0 Å². The van der Waals surface area contributed by atoms with Crippen molar-refractivity contribution in [1.29, 1.82) is 0 Å². The summed E-state index contributed by atoms with van der Waals surface area (Å²) in [4.78, 5) is -1.49. The Kier molecular flexibility index (Phi) is 8.85. The van der Waals surface area contributed by atoms with Crippen molar-refractivity contribution in [2.75, 3.05) is 0 Å². The van der Waals surface area contributed by atoms with Gasteiger partial charge < -0.3 is 10.2 Å². The van der Waals surface area contributed by atoms with Crippen LogP contribution in [0.5, 0.6) is 11.8 Å². The van der Waals surface area contributed by atoms with E-state index in [1.165, 1.54) is 33.6 Å². The van der Waals surface area contributed by atoms with Crippen LogP contribution in [-0.4, -0.2) is 55.7 Å². The molecule has 0 aliphatic heterocycles. The number of hydrogen-bond acceptors (Lipinski definition) is 12. The molecular weight excluding hydrogens is 689 g/mol. The van der Waals surface area contributed by atoms with Gasteiger partial charge in [-0.15, -0.1) is 10.2 Å². The monoisotopic (exact) mass is 714 g/mol. The van der Waals surface area contributed by atoms with Gasteiger partial charge in [-0.2, -0.15) is 46.6 Å². The molecule has 254 valence electrons. The third-order valence-corrected chi connectivity index (χ3v) is 9.11. The standard InChI is InChI=1S/C32H26N8O8S2/c1-19-29(31(41)39(37-19)23-9-5-3-6-10-23)35-33-21-13-15-25(27(17-21)49(43,44)45)26-16-14-22(18-28(26)50(46,47)48)34-36-30-20(2)38-40(32(30)42)24-11-7-4-8-12-24/h3-18,41-42H,1-2H3,(H,43,44,45)(H,46,47,48)/b35-33+,36-34+. The van der Waals surface area contributed by atoms with Gasteiger partial charge in [0.1, 0.15) is 9.79 Å². The number of aryl methyl sites for hydroxylation is 2. The molecule has 0 spiro atoms. The van der Waals surface area contributed by atoms with E-state index in [4.69, 9.17) is 0 Å². The highest BCUT2D eigenvalue weighted by Gasteiger charge is 2.25. The van der Waals surface area contributed by atoms with Gasteiger partial charge in [0.2, 0.25) is 11.8 Å². The van der Waals surface area contributed by atoms with Gasteiger partial charge in [0.15, 0.2) is 11.4 Å². The first-order valence-electron chi connectivity index (χ1n) is 14.5. The molecule has 6 rings (SSSR count). The molecule has 50 heavy (non-hydrogen) atoms. The summed E-state index contributed by atoms with van der Waals surface area (Å²) in [5, 5.41) is 46.0. The van der Waals surface area contributed by atoms with Gasteiger partial charge in [0.25, 0.3) is 20.2 Å². The summed E-state index contributed by atoms with van der Waals surface area (Å²) in [5.74, 6) is -0.649. The van der Waals surface area contributed by atoms with Crippen LogP contribution in [-0.2, 0) is 20.2 Å². The van der Waals surface area contributed by atoms with E-state index in [1.807, 2.05) is 0 Å². The third kappa shape index (κ3) is 6.76. The van der Waals surface area contributed by atoms with Crippen LogP contribution < -0.4 is 0 Å². The molecule has 0 aliphatic carbocycles. The van der Waals surface area contributed by atoms with Crippen LogP contribution in [0.2, 0.25) is 0 Å². The number of aromatic hydroxyl groups is 2. The topological polar surface area (TPSA) is 234 Å². The fourth-order valence-electron chi connectivity index (χ4n) is 4.98. The fourth-order valence-corrected chi connectivity index (χ4v) is 6.43. The Morgan fingerprint density at radius 3 is 1.24 bits per heavy atom. The van der Waals surface area contributed by atoms with E-state index >= 15 is 0 Å². The predicted molar refractivity (Wildman–Crippen MR) is 180 cm³/mol. The zero-order chi connectivity index (χ0) is 35.8. The molecule has 18 heteroatoms. The smallest absolute Gasteiger partial charge is 0.295 e. The number of azo groups is 2. The number of hydrogen-bond donors (Lipinski definition) is 4. The number of nitrogens with zero attached hydrogens (tertiary/aromatic N) is 8. The lowest BCUT2D eigenvalue weighted by molar-refractivity contribution is 0.434. The number of aromatic nitrogens is 4. The highest BCUT2D eigenvalue weighted by molar-refractivity contribution is 7.86. The van der Waals surface area contributed by atoms with Gasteiger partial charge in [-0.05, 0) is 62.4 Å². The summed E-state index contributed by atoms with van der Waals surface area (Å²) in [6.45, 7) is 3.17. The fraction of sp³-hybridized carbons (Fsp3) is 0.0625. The number of benzene rings is 4. The molecule has 0 saturated heterocycles. The van der Waals surface area contributed by atoms with Crippen molar-refractivity contribution in [3.05, 3.63) is 108 Å². The van der Waals surface area contributed by atoms with Crippen LogP contribution in [0.25, 0.3) is 22.5 Å². The van der Waals surface area contributed by atoms with E-state index in [0.717, 1.165) is 12.1 Å². The Labute approximate surface area is 284 Å². The van der Waals surface area contributed by atoms with Crippen molar-refractivity contribution >= 4 is 43.0 Å². The summed E-state index contributed by atoms with van der Waals surface area (Å²) in [6.07, 6.45) is 0.